The molecule has 0 aliphatic carbocycles. The molecule has 1 rings (SSSR count). The van der Waals surface area contributed by atoms with E-state index in [0.717, 1.165) is 0 Å². The number of piperazine rings is 1. The zero-order valence-corrected chi connectivity index (χ0v) is 12.8. The number of nitrogens with one attached hydrogen (secondary N) is 1. The molecule has 2 amide bonds. The first-order valence-electron chi connectivity index (χ1n) is 7.04. The van der Waals surface area contributed by atoms with Crippen LogP contribution >= 0.6 is 0 Å². The Morgan fingerprint density at radius 1 is 1.11 bits per heavy atom. The van der Waals surface area contributed by atoms with Gasteiger partial charge < -0.3 is 15.1 Å². The SMILES string of the molecule is CNC(C)(C)C(=O)N1CCN(C(=O)CC(C)C)CC1. The molecule has 110 valence electrons. The topological polar surface area (TPSA) is 52.7 Å². The molecule has 0 spiro atoms. The smallest absolute Gasteiger partial charge is 0.242 e. The van der Waals surface area contributed by atoms with Gasteiger partial charge in [-0.25, -0.2) is 0 Å². The predicted molar refractivity (Wildman–Crippen MR) is 75.8 cm³/mol. The Kier molecular flexibility index (Phi) is 5.35. The summed E-state index contributed by atoms with van der Waals surface area (Å²) in [6.45, 7) is 10.4. The first kappa shape index (κ1) is 16.0. The van der Waals surface area contributed by atoms with E-state index in [1.54, 1.807) is 7.05 Å². The number of nitrogens with zero attached hydrogens (tertiary/aromatic N) is 2. The summed E-state index contributed by atoms with van der Waals surface area (Å²) in [6, 6.07) is 0. The van der Waals surface area contributed by atoms with Crippen LogP contribution in [0.4, 0.5) is 0 Å². The largest absolute Gasteiger partial charge is 0.339 e. The summed E-state index contributed by atoms with van der Waals surface area (Å²) < 4.78 is 0. The molecule has 1 fully saturated rings. The maximum atomic E-state index is 12.3. The molecular weight excluding hydrogens is 242 g/mol. The van der Waals surface area contributed by atoms with Gasteiger partial charge >= 0.3 is 0 Å². The minimum Gasteiger partial charge on any atom is -0.339 e. The lowest BCUT2D eigenvalue weighted by Gasteiger charge is -2.38. The van der Waals surface area contributed by atoms with Gasteiger partial charge in [-0.15, -0.1) is 0 Å². The third-order valence-corrected chi connectivity index (χ3v) is 3.66. The number of rotatable bonds is 4. The van der Waals surface area contributed by atoms with E-state index in [4.69, 9.17) is 0 Å². The minimum absolute atomic E-state index is 0.103. The molecule has 1 aliphatic rings. The van der Waals surface area contributed by atoms with Crippen LogP contribution in [0.1, 0.15) is 34.1 Å². The summed E-state index contributed by atoms with van der Waals surface area (Å²) in [4.78, 5) is 27.9. The van der Waals surface area contributed by atoms with Crippen LogP contribution in [0.25, 0.3) is 0 Å². The molecule has 0 saturated carbocycles. The number of hydrogen-bond donors (Lipinski definition) is 1. The number of carbonyl (C=O) groups excluding carboxylic acids is 2. The molecule has 0 atom stereocenters. The fraction of sp³-hybridized carbons (Fsp3) is 0.857. The Bertz CT molecular complexity index is 332. The van der Waals surface area contributed by atoms with Crippen molar-refractivity contribution in [2.45, 2.75) is 39.7 Å². The van der Waals surface area contributed by atoms with E-state index in [0.29, 0.717) is 38.5 Å². The second-order valence-corrected chi connectivity index (χ2v) is 6.15. The highest BCUT2D eigenvalue weighted by Crippen LogP contribution is 2.12. The highest BCUT2D eigenvalue weighted by atomic mass is 16.2. The molecule has 5 heteroatoms. The number of amides is 2. The molecular formula is C14H27N3O2. The van der Waals surface area contributed by atoms with E-state index >= 15 is 0 Å². The van der Waals surface area contributed by atoms with Crippen molar-refractivity contribution in [1.82, 2.24) is 15.1 Å². The first-order valence-corrected chi connectivity index (χ1v) is 7.04. The number of hydrogen-bond acceptors (Lipinski definition) is 3. The molecule has 1 N–H and O–H groups in total. The molecule has 0 aromatic heterocycles. The third kappa shape index (κ3) is 4.20. The quantitative estimate of drug-likeness (QED) is 0.817. The van der Waals surface area contributed by atoms with Gasteiger partial charge in [0.25, 0.3) is 0 Å². The highest BCUT2D eigenvalue weighted by Gasteiger charge is 2.32. The van der Waals surface area contributed by atoms with Gasteiger partial charge in [0.15, 0.2) is 0 Å². The Hall–Kier alpha value is -1.10. The van der Waals surface area contributed by atoms with Gasteiger partial charge in [-0.1, -0.05) is 13.8 Å². The molecule has 0 aromatic carbocycles. The van der Waals surface area contributed by atoms with Crippen LogP contribution in [0.5, 0.6) is 0 Å². The maximum absolute atomic E-state index is 12.3. The lowest BCUT2D eigenvalue weighted by Crippen LogP contribution is -2.58. The lowest BCUT2D eigenvalue weighted by molar-refractivity contribution is -0.143. The van der Waals surface area contributed by atoms with Crippen molar-refractivity contribution in [2.24, 2.45) is 5.92 Å². The molecule has 0 unspecified atom stereocenters. The monoisotopic (exact) mass is 269 g/mol. The molecule has 0 bridgehead atoms. The fourth-order valence-electron chi connectivity index (χ4n) is 2.14. The van der Waals surface area contributed by atoms with Crippen LogP contribution < -0.4 is 5.32 Å². The van der Waals surface area contributed by atoms with E-state index in [9.17, 15) is 9.59 Å². The van der Waals surface area contributed by atoms with Crippen molar-refractivity contribution < 1.29 is 9.59 Å². The van der Waals surface area contributed by atoms with Gasteiger partial charge in [-0.05, 0) is 26.8 Å². The Morgan fingerprint density at radius 3 is 2.00 bits per heavy atom. The normalized spacial score (nSPS) is 16.9. The highest BCUT2D eigenvalue weighted by molar-refractivity contribution is 5.86. The average Bonchev–Trinajstić information content (AvgIpc) is 2.37. The van der Waals surface area contributed by atoms with E-state index in [-0.39, 0.29) is 11.8 Å². The Labute approximate surface area is 116 Å². The van der Waals surface area contributed by atoms with E-state index in [1.807, 2.05) is 37.5 Å². The average molecular weight is 269 g/mol. The van der Waals surface area contributed by atoms with Gasteiger partial charge in [-0.3, -0.25) is 9.59 Å². The summed E-state index contributed by atoms with van der Waals surface area (Å²) in [7, 11) is 1.79. The standard InChI is InChI=1S/C14H27N3O2/c1-11(2)10-12(18)16-6-8-17(9-7-16)13(19)14(3,4)15-5/h11,15H,6-10H2,1-5H3. The first-order chi connectivity index (χ1) is 8.77. The summed E-state index contributed by atoms with van der Waals surface area (Å²) in [5, 5.41) is 3.03. The molecule has 1 aliphatic heterocycles. The zero-order chi connectivity index (χ0) is 14.6. The van der Waals surface area contributed by atoms with Gasteiger partial charge in [0.2, 0.25) is 11.8 Å². The van der Waals surface area contributed by atoms with Crippen LogP contribution in [0.15, 0.2) is 0 Å². The Balaban J connectivity index is 2.49. The van der Waals surface area contributed by atoms with Gasteiger partial charge in [0.1, 0.15) is 0 Å². The second-order valence-electron chi connectivity index (χ2n) is 6.15. The summed E-state index contributed by atoms with van der Waals surface area (Å²) in [5.41, 5.74) is -0.538. The van der Waals surface area contributed by atoms with Crippen molar-refractivity contribution in [3.8, 4) is 0 Å². The minimum atomic E-state index is -0.538. The van der Waals surface area contributed by atoms with Gasteiger partial charge in [-0.2, -0.15) is 0 Å². The van der Waals surface area contributed by atoms with Crippen LogP contribution in [-0.4, -0.2) is 60.4 Å². The third-order valence-electron chi connectivity index (χ3n) is 3.66. The van der Waals surface area contributed by atoms with Crippen LogP contribution in [0.3, 0.4) is 0 Å². The summed E-state index contributed by atoms with van der Waals surface area (Å²) in [5.74, 6) is 0.691. The predicted octanol–water partition coefficient (Wildman–Crippen LogP) is 0.701. The lowest BCUT2D eigenvalue weighted by atomic mass is 10.0. The van der Waals surface area contributed by atoms with Crippen LogP contribution in [0.2, 0.25) is 0 Å². The van der Waals surface area contributed by atoms with Crippen molar-refractivity contribution in [2.75, 3.05) is 33.2 Å². The second kappa shape index (κ2) is 6.37. The molecule has 0 radical (unpaired) electrons. The van der Waals surface area contributed by atoms with E-state index < -0.39 is 5.54 Å². The van der Waals surface area contributed by atoms with Gasteiger partial charge in [0.05, 0.1) is 5.54 Å². The van der Waals surface area contributed by atoms with Crippen molar-refractivity contribution in [3.63, 3.8) is 0 Å². The Morgan fingerprint density at radius 2 is 1.58 bits per heavy atom. The number of carbonyl (C=O) groups is 2. The molecule has 1 saturated heterocycles. The van der Waals surface area contributed by atoms with Crippen LogP contribution in [-0.2, 0) is 9.59 Å². The summed E-state index contributed by atoms with van der Waals surface area (Å²) in [6.07, 6.45) is 0.593. The molecule has 19 heavy (non-hydrogen) atoms. The van der Waals surface area contributed by atoms with Crippen molar-refractivity contribution in [1.29, 1.82) is 0 Å². The van der Waals surface area contributed by atoms with Crippen molar-refractivity contribution in [3.05, 3.63) is 0 Å². The molecule has 0 aromatic rings. The van der Waals surface area contributed by atoms with Gasteiger partial charge in [0, 0.05) is 32.6 Å². The summed E-state index contributed by atoms with van der Waals surface area (Å²) >= 11 is 0. The molecule has 5 nitrogen and oxygen atoms in total. The fourth-order valence-corrected chi connectivity index (χ4v) is 2.14. The maximum Gasteiger partial charge on any atom is 0.242 e. The van der Waals surface area contributed by atoms with Crippen molar-refractivity contribution >= 4 is 11.8 Å². The van der Waals surface area contributed by atoms with Crippen LogP contribution in [0, 0.1) is 5.92 Å². The number of likely N-dealkylation sites (N-methyl/N-ethyl adjacent to an activating group) is 1. The molecule has 1 heterocycles. The zero-order valence-electron chi connectivity index (χ0n) is 12.8. The van der Waals surface area contributed by atoms with E-state index in [1.165, 1.54) is 0 Å². The van der Waals surface area contributed by atoms with E-state index in [2.05, 4.69) is 5.32 Å².